The first kappa shape index (κ1) is 33.9. The van der Waals surface area contributed by atoms with Crippen LogP contribution in [0.5, 0.6) is 11.5 Å². The summed E-state index contributed by atoms with van der Waals surface area (Å²) in [5.41, 5.74) is 7.68. The molecule has 2 aromatic rings. The van der Waals surface area contributed by atoms with Gasteiger partial charge in [0.25, 0.3) is 0 Å². The molecule has 0 saturated heterocycles. The van der Waals surface area contributed by atoms with Gasteiger partial charge in [0, 0.05) is 17.5 Å². The zero-order valence-electron chi connectivity index (χ0n) is 28.2. The molecule has 4 heteroatoms. The van der Waals surface area contributed by atoms with Crippen molar-refractivity contribution in [3.05, 3.63) is 57.6 Å². The van der Waals surface area contributed by atoms with Crippen molar-refractivity contribution in [1.29, 1.82) is 0 Å². The quantitative estimate of drug-likeness (QED) is 0.184. The first-order valence-corrected chi connectivity index (χ1v) is 17.4. The minimum Gasteiger partial charge on any atom is -0.417 e. The standard InChI is InChI=1S/C37H59O3P/c1-12-13-14-15-16-17-18-38-41-39-34-30(21-28(19-26(2)3)23-32(34)36(6,7)8)25-31-22-29(20-27(4)5)24-33(35(31)40-41)37(9,10)11/h21-24,26-27H,12-20,25H2,1-11H3. The molecule has 0 fully saturated rings. The molecule has 3 rings (SSSR count). The average molecular weight is 583 g/mol. The molecular weight excluding hydrogens is 523 g/mol. The van der Waals surface area contributed by atoms with Crippen LogP contribution in [0.15, 0.2) is 24.3 Å². The van der Waals surface area contributed by atoms with Crippen LogP contribution in [-0.4, -0.2) is 6.61 Å². The molecule has 0 aliphatic carbocycles. The van der Waals surface area contributed by atoms with Gasteiger partial charge in [-0.05, 0) is 64.2 Å². The Morgan fingerprint density at radius 3 is 1.54 bits per heavy atom. The molecule has 0 aromatic heterocycles. The van der Waals surface area contributed by atoms with Crippen molar-refractivity contribution in [3.63, 3.8) is 0 Å². The molecule has 3 nitrogen and oxygen atoms in total. The van der Waals surface area contributed by atoms with Crippen LogP contribution in [0.4, 0.5) is 0 Å². The van der Waals surface area contributed by atoms with Crippen molar-refractivity contribution >= 4 is 8.60 Å². The van der Waals surface area contributed by atoms with Gasteiger partial charge in [0.1, 0.15) is 11.5 Å². The van der Waals surface area contributed by atoms with E-state index in [2.05, 4.69) is 100 Å². The Hall–Kier alpha value is -1.57. The summed E-state index contributed by atoms with van der Waals surface area (Å²) in [6.07, 6.45) is 10.3. The summed E-state index contributed by atoms with van der Waals surface area (Å²) in [6.45, 7) is 25.9. The summed E-state index contributed by atoms with van der Waals surface area (Å²) in [6, 6.07) is 9.54. The molecule has 230 valence electrons. The molecule has 0 saturated carbocycles. The normalized spacial score (nSPS) is 14.4. The van der Waals surface area contributed by atoms with Crippen LogP contribution in [0, 0.1) is 11.8 Å². The second kappa shape index (κ2) is 14.7. The van der Waals surface area contributed by atoms with Crippen molar-refractivity contribution in [1.82, 2.24) is 0 Å². The highest BCUT2D eigenvalue weighted by Gasteiger charge is 2.33. The lowest BCUT2D eigenvalue weighted by atomic mass is 9.80. The number of rotatable bonds is 12. The van der Waals surface area contributed by atoms with Crippen LogP contribution in [-0.2, 0) is 34.6 Å². The van der Waals surface area contributed by atoms with E-state index in [1.807, 2.05) is 0 Å². The molecular formula is C37H59O3P. The van der Waals surface area contributed by atoms with Crippen LogP contribution in [0.25, 0.3) is 0 Å². The summed E-state index contributed by atoms with van der Waals surface area (Å²) in [5, 5.41) is 0. The van der Waals surface area contributed by atoms with Crippen molar-refractivity contribution in [3.8, 4) is 11.5 Å². The van der Waals surface area contributed by atoms with E-state index in [1.165, 1.54) is 65.5 Å². The highest BCUT2D eigenvalue weighted by molar-refractivity contribution is 7.42. The predicted molar refractivity (Wildman–Crippen MR) is 178 cm³/mol. The average Bonchev–Trinajstić information content (AvgIpc) is 2.82. The summed E-state index contributed by atoms with van der Waals surface area (Å²) in [7, 11) is -1.60. The number of hydrogen-bond acceptors (Lipinski definition) is 3. The van der Waals surface area contributed by atoms with Gasteiger partial charge in [-0.2, -0.15) is 0 Å². The third kappa shape index (κ3) is 10.00. The van der Waals surface area contributed by atoms with E-state index in [0.29, 0.717) is 18.4 Å². The molecule has 2 aromatic carbocycles. The van der Waals surface area contributed by atoms with Gasteiger partial charge in [-0.25, -0.2) is 0 Å². The molecule has 41 heavy (non-hydrogen) atoms. The zero-order chi connectivity index (χ0) is 30.4. The second-order valence-corrected chi connectivity index (χ2v) is 16.2. The Labute approximate surface area is 254 Å². The van der Waals surface area contributed by atoms with Crippen LogP contribution < -0.4 is 9.05 Å². The van der Waals surface area contributed by atoms with E-state index in [9.17, 15) is 0 Å². The minimum absolute atomic E-state index is 0.0601. The molecule has 1 aliphatic heterocycles. The van der Waals surface area contributed by atoms with Crippen molar-refractivity contribution < 1.29 is 13.6 Å². The van der Waals surface area contributed by atoms with Crippen LogP contribution in [0.1, 0.15) is 148 Å². The molecule has 0 bridgehead atoms. The number of benzene rings is 2. The zero-order valence-corrected chi connectivity index (χ0v) is 29.1. The third-order valence-electron chi connectivity index (χ3n) is 7.76. The van der Waals surface area contributed by atoms with Crippen LogP contribution in [0.3, 0.4) is 0 Å². The fourth-order valence-corrected chi connectivity index (χ4v) is 6.88. The maximum atomic E-state index is 6.84. The fourth-order valence-electron chi connectivity index (χ4n) is 5.73. The topological polar surface area (TPSA) is 27.7 Å². The van der Waals surface area contributed by atoms with Crippen LogP contribution in [0.2, 0.25) is 0 Å². The second-order valence-electron chi connectivity index (χ2n) is 15.1. The molecule has 0 atom stereocenters. The van der Waals surface area contributed by atoms with Crippen LogP contribution >= 0.6 is 8.60 Å². The molecule has 0 N–H and O–H groups in total. The summed E-state index contributed by atoms with van der Waals surface area (Å²) >= 11 is 0. The Bertz CT molecular complexity index is 1040. The number of unbranched alkanes of at least 4 members (excludes halogenated alkanes) is 5. The van der Waals surface area contributed by atoms with Gasteiger partial charge in [0.2, 0.25) is 0 Å². The maximum absolute atomic E-state index is 6.84. The Kier molecular flexibility index (Phi) is 12.2. The van der Waals surface area contributed by atoms with Gasteiger partial charge >= 0.3 is 8.60 Å². The maximum Gasteiger partial charge on any atom is 0.463 e. The highest BCUT2D eigenvalue weighted by atomic mass is 31.2. The van der Waals surface area contributed by atoms with Gasteiger partial charge < -0.3 is 9.05 Å². The fraction of sp³-hybridized carbons (Fsp3) is 0.676. The van der Waals surface area contributed by atoms with E-state index in [4.69, 9.17) is 13.6 Å². The minimum atomic E-state index is -1.60. The van der Waals surface area contributed by atoms with E-state index >= 15 is 0 Å². The molecule has 1 heterocycles. The SMILES string of the molecule is CCCCCCCCOP1Oc2c(cc(CC(C)C)cc2C(C)(C)C)Cc2cc(CC(C)C)cc(C(C)(C)C)c2O1. The first-order valence-electron chi connectivity index (χ1n) is 16.3. The van der Waals surface area contributed by atoms with Crippen molar-refractivity contribution in [2.24, 2.45) is 11.8 Å². The molecule has 0 amide bonds. The summed E-state index contributed by atoms with van der Waals surface area (Å²) in [5.74, 6) is 3.12. The van der Waals surface area contributed by atoms with Gasteiger partial charge in [-0.15, -0.1) is 0 Å². The molecule has 0 spiro atoms. The lowest BCUT2D eigenvalue weighted by Crippen LogP contribution is -2.20. The smallest absolute Gasteiger partial charge is 0.417 e. The number of fused-ring (bicyclic) bond motifs is 2. The van der Waals surface area contributed by atoms with Gasteiger partial charge in [-0.3, -0.25) is 4.52 Å². The monoisotopic (exact) mass is 582 g/mol. The number of hydrogen-bond donors (Lipinski definition) is 0. The van der Waals surface area contributed by atoms with Gasteiger partial charge in [-0.1, -0.05) is 133 Å². The Morgan fingerprint density at radius 1 is 0.683 bits per heavy atom. The lowest BCUT2D eigenvalue weighted by molar-refractivity contribution is 0.253. The van der Waals surface area contributed by atoms with Crippen molar-refractivity contribution in [2.45, 2.75) is 145 Å². The van der Waals surface area contributed by atoms with E-state index in [0.717, 1.165) is 37.2 Å². The predicted octanol–water partition coefficient (Wildman–Crippen LogP) is 11.6. The van der Waals surface area contributed by atoms with Crippen molar-refractivity contribution in [2.75, 3.05) is 6.61 Å². The largest absolute Gasteiger partial charge is 0.463 e. The first-order chi connectivity index (χ1) is 19.2. The lowest BCUT2D eigenvalue weighted by Gasteiger charge is -2.32. The van der Waals surface area contributed by atoms with Gasteiger partial charge in [0.05, 0.1) is 6.61 Å². The van der Waals surface area contributed by atoms with E-state index in [1.54, 1.807) is 0 Å². The van der Waals surface area contributed by atoms with Gasteiger partial charge in [0.15, 0.2) is 0 Å². The molecule has 0 unspecified atom stereocenters. The highest BCUT2D eigenvalue weighted by Crippen LogP contribution is 2.52. The molecule has 1 aliphatic rings. The Morgan fingerprint density at radius 2 is 1.12 bits per heavy atom. The molecule has 0 radical (unpaired) electrons. The third-order valence-corrected chi connectivity index (χ3v) is 8.82. The Balaban J connectivity index is 2.12. The summed E-state index contributed by atoms with van der Waals surface area (Å²) < 4.78 is 20.2. The van der Waals surface area contributed by atoms with E-state index < -0.39 is 8.60 Å². The summed E-state index contributed by atoms with van der Waals surface area (Å²) in [4.78, 5) is 0. The van der Waals surface area contributed by atoms with E-state index in [-0.39, 0.29) is 10.8 Å².